The van der Waals surface area contributed by atoms with Crippen LogP contribution in [0.4, 0.5) is 5.82 Å². The van der Waals surface area contributed by atoms with Crippen LogP contribution in [0.5, 0.6) is 0 Å². The number of aromatic nitrogens is 2. The lowest BCUT2D eigenvalue weighted by Gasteiger charge is -2.14. The van der Waals surface area contributed by atoms with E-state index in [0.29, 0.717) is 6.04 Å². The smallest absolute Gasteiger partial charge is 0.266 e. The highest BCUT2D eigenvalue weighted by Crippen LogP contribution is 2.31. The van der Waals surface area contributed by atoms with Crippen molar-refractivity contribution in [1.29, 1.82) is 0 Å². The number of amides is 1. The van der Waals surface area contributed by atoms with E-state index in [4.69, 9.17) is 0 Å². The molecular formula is C17H23N3OS. The van der Waals surface area contributed by atoms with E-state index in [2.05, 4.69) is 24.3 Å². The molecule has 2 aromatic heterocycles. The SMILES string of the molecule is CCCc1cc(C(=O)Nc2ccnn2C2CCCC2)sc1C. The summed E-state index contributed by atoms with van der Waals surface area (Å²) in [5, 5.41) is 7.44. The molecule has 0 radical (unpaired) electrons. The van der Waals surface area contributed by atoms with Crippen LogP contribution in [0.2, 0.25) is 0 Å². The molecule has 0 aromatic carbocycles. The maximum atomic E-state index is 12.5. The fraction of sp³-hybridized carbons (Fsp3) is 0.529. The van der Waals surface area contributed by atoms with Gasteiger partial charge in [-0.05, 0) is 37.8 Å². The molecule has 4 nitrogen and oxygen atoms in total. The van der Waals surface area contributed by atoms with E-state index in [-0.39, 0.29) is 5.91 Å². The molecule has 1 amide bonds. The quantitative estimate of drug-likeness (QED) is 0.878. The molecule has 3 rings (SSSR count). The second-order valence-electron chi connectivity index (χ2n) is 6.00. The molecule has 0 aliphatic heterocycles. The first-order valence-electron chi connectivity index (χ1n) is 8.13. The Kier molecular flexibility index (Phi) is 4.62. The van der Waals surface area contributed by atoms with Gasteiger partial charge in [0.15, 0.2) is 0 Å². The van der Waals surface area contributed by atoms with Crippen LogP contribution in [0.3, 0.4) is 0 Å². The van der Waals surface area contributed by atoms with Crippen molar-refractivity contribution in [2.45, 2.75) is 58.4 Å². The Bertz CT molecular complexity index is 653. The summed E-state index contributed by atoms with van der Waals surface area (Å²) in [4.78, 5) is 14.5. The number of nitrogens with one attached hydrogen (secondary N) is 1. The molecule has 2 heterocycles. The minimum Gasteiger partial charge on any atom is -0.306 e. The largest absolute Gasteiger partial charge is 0.306 e. The van der Waals surface area contributed by atoms with E-state index in [1.54, 1.807) is 17.5 Å². The van der Waals surface area contributed by atoms with Gasteiger partial charge in [-0.3, -0.25) is 4.79 Å². The Labute approximate surface area is 135 Å². The highest BCUT2D eigenvalue weighted by molar-refractivity contribution is 7.14. The average Bonchev–Trinajstić information content (AvgIpc) is 3.20. The van der Waals surface area contributed by atoms with Crippen molar-refractivity contribution in [1.82, 2.24) is 9.78 Å². The van der Waals surface area contributed by atoms with E-state index >= 15 is 0 Å². The van der Waals surface area contributed by atoms with E-state index in [0.717, 1.165) is 36.4 Å². The lowest BCUT2D eigenvalue weighted by molar-refractivity contribution is 0.102. The lowest BCUT2D eigenvalue weighted by atomic mass is 10.1. The highest BCUT2D eigenvalue weighted by Gasteiger charge is 2.21. The van der Waals surface area contributed by atoms with Gasteiger partial charge in [0.2, 0.25) is 0 Å². The number of carbonyl (C=O) groups excluding carboxylic acids is 1. The van der Waals surface area contributed by atoms with Crippen LogP contribution in [0.25, 0.3) is 0 Å². The van der Waals surface area contributed by atoms with Gasteiger partial charge >= 0.3 is 0 Å². The third-order valence-corrected chi connectivity index (χ3v) is 5.44. The Morgan fingerprint density at radius 2 is 2.23 bits per heavy atom. The summed E-state index contributed by atoms with van der Waals surface area (Å²) in [5.41, 5.74) is 1.29. The molecule has 1 fully saturated rings. The number of aryl methyl sites for hydroxylation is 2. The normalized spacial score (nSPS) is 15.4. The molecule has 1 N–H and O–H groups in total. The van der Waals surface area contributed by atoms with Crippen molar-refractivity contribution in [2.75, 3.05) is 5.32 Å². The topological polar surface area (TPSA) is 46.9 Å². The van der Waals surface area contributed by atoms with Gasteiger partial charge in [0.1, 0.15) is 5.82 Å². The van der Waals surface area contributed by atoms with Gasteiger partial charge in [-0.15, -0.1) is 11.3 Å². The Balaban J connectivity index is 1.74. The third kappa shape index (κ3) is 3.09. The van der Waals surface area contributed by atoms with Gasteiger partial charge in [-0.2, -0.15) is 5.10 Å². The maximum Gasteiger partial charge on any atom is 0.266 e. The summed E-state index contributed by atoms with van der Waals surface area (Å²) < 4.78 is 1.98. The number of hydrogen-bond acceptors (Lipinski definition) is 3. The van der Waals surface area contributed by atoms with Crippen molar-refractivity contribution in [2.24, 2.45) is 0 Å². The number of anilines is 1. The molecule has 0 saturated heterocycles. The first kappa shape index (κ1) is 15.3. The summed E-state index contributed by atoms with van der Waals surface area (Å²) in [7, 11) is 0. The molecule has 0 bridgehead atoms. The van der Waals surface area contributed by atoms with Crippen molar-refractivity contribution < 1.29 is 4.79 Å². The zero-order chi connectivity index (χ0) is 15.5. The second kappa shape index (κ2) is 6.65. The standard InChI is InChI=1S/C17H23N3OS/c1-3-6-13-11-15(22-12(13)2)17(21)19-16-9-10-18-20(16)14-7-4-5-8-14/h9-11,14H,3-8H2,1-2H3,(H,19,21). The van der Waals surface area contributed by atoms with Gasteiger partial charge < -0.3 is 5.32 Å². The molecular weight excluding hydrogens is 294 g/mol. The number of rotatable bonds is 5. The fourth-order valence-corrected chi connectivity index (χ4v) is 4.15. The number of nitrogens with zero attached hydrogens (tertiary/aromatic N) is 2. The second-order valence-corrected chi connectivity index (χ2v) is 7.25. The molecule has 22 heavy (non-hydrogen) atoms. The summed E-state index contributed by atoms with van der Waals surface area (Å²) >= 11 is 1.58. The maximum absolute atomic E-state index is 12.5. The van der Waals surface area contributed by atoms with Crippen LogP contribution in [0.1, 0.15) is 65.2 Å². The molecule has 0 spiro atoms. The van der Waals surface area contributed by atoms with E-state index in [1.165, 1.54) is 23.3 Å². The van der Waals surface area contributed by atoms with Gasteiger partial charge in [0.05, 0.1) is 17.1 Å². The first-order chi connectivity index (χ1) is 10.7. The summed E-state index contributed by atoms with van der Waals surface area (Å²) in [6.07, 6.45) is 8.73. The number of hydrogen-bond donors (Lipinski definition) is 1. The fourth-order valence-electron chi connectivity index (χ4n) is 3.18. The first-order valence-corrected chi connectivity index (χ1v) is 8.95. The predicted octanol–water partition coefficient (Wildman–Crippen LogP) is 4.57. The molecule has 5 heteroatoms. The van der Waals surface area contributed by atoms with Crippen LogP contribution in [-0.2, 0) is 6.42 Å². The number of carbonyl (C=O) groups is 1. The summed E-state index contributed by atoms with van der Waals surface area (Å²) in [5.74, 6) is 0.801. The minimum absolute atomic E-state index is 0.0183. The van der Waals surface area contributed by atoms with Gasteiger partial charge in [0.25, 0.3) is 5.91 Å². The van der Waals surface area contributed by atoms with E-state index in [9.17, 15) is 4.79 Å². The molecule has 0 unspecified atom stereocenters. The Morgan fingerprint density at radius 3 is 2.95 bits per heavy atom. The van der Waals surface area contributed by atoms with Gasteiger partial charge in [0, 0.05) is 10.9 Å². The molecule has 0 atom stereocenters. The van der Waals surface area contributed by atoms with Crippen LogP contribution >= 0.6 is 11.3 Å². The van der Waals surface area contributed by atoms with Crippen LogP contribution in [0.15, 0.2) is 18.3 Å². The summed E-state index contributed by atoms with van der Waals surface area (Å²) in [6.45, 7) is 4.26. The van der Waals surface area contributed by atoms with Crippen molar-refractivity contribution >= 4 is 23.1 Å². The zero-order valence-electron chi connectivity index (χ0n) is 13.3. The van der Waals surface area contributed by atoms with Crippen molar-refractivity contribution in [3.63, 3.8) is 0 Å². The lowest BCUT2D eigenvalue weighted by Crippen LogP contribution is -2.16. The van der Waals surface area contributed by atoms with Gasteiger partial charge in [-0.25, -0.2) is 4.68 Å². The highest BCUT2D eigenvalue weighted by atomic mass is 32.1. The average molecular weight is 317 g/mol. The molecule has 2 aromatic rings. The molecule has 1 saturated carbocycles. The Morgan fingerprint density at radius 1 is 1.45 bits per heavy atom. The van der Waals surface area contributed by atoms with E-state index < -0.39 is 0 Å². The molecule has 118 valence electrons. The van der Waals surface area contributed by atoms with Crippen LogP contribution in [-0.4, -0.2) is 15.7 Å². The zero-order valence-corrected chi connectivity index (χ0v) is 14.1. The number of thiophene rings is 1. The third-order valence-electron chi connectivity index (χ3n) is 4.35. The van der Waals surface area contributed by atoms with Crippen LogP contribution < -0.4 is 5.32 Å². The Hall–Kier alpha value is -1.62. The molecule has 1 aliphatic carbocycles. The monoisotopic (exact) mass is 317 g/mol. The van der Waals surface area contributed by atoms with E-state index in [1.807, 2.05) is 16.8 Å². The van der Waals surface area contributed by atoms with Crippen molar-refractivity contribution in [3.8, 4) is 0 Å². The van der Waals surface area contributed by atoms with Crippen LogP contribution in [0, 0.1) is 6.92 Å². The van der Waals surface area contributed by atoms with Crippen molar-refractivity contribution in [3.05, 3.63) is 33.6 Å². The molecule has 1 aliphatic rings. The van der Waals surface area contributed by atoms with Gasteiger partial charge in [-0.1, -0.05) is 26.2 Å². The predicted molar refractivity (Wildman–Crippen MR) is 90.7 cm³/mol. The summed E-state index contributed by atoms with van der Waals surface area (Å²) in [6, 6.07) is 4.37. The minimum atomic E-state index is -0.0183.